The van der Waals surface area contributed by atoms with Crippen molar-refractivity contribution in [3.63, 3.8) is 0 Å². The number of hydrogen-bond donors (Lipinski definition) is 0. The Morgan fingerprint density at radius 3 is 2.53 bits per heavy atom. The molecule has 0 N–H and O–H groups in total. The van der Waals surface area contributed by atoms with Crippen LogP contribution in [-0.2, 0) is 4.74 Å². The summed E-state index contributed by atoms with van der Waals surface area (Å²) < 4.78 is 11.0. The highest BCUT2D eigenvalue weighted by molar-refractivity contribution is 5.26. The van der Waals surface area contributed by atoms with E-state index in [2.05, 4.69) is 6.07 Å². The van der Waals surface area contributed by atoms with Gasteiger partial charge >= 0.3 is 0 Å². The second-order valence-corrected chi connectivity index (χ2v) is 4.61. The minimum Gasteiger partial charge on any atom is -0.492 e. The van der Waals surface area contributed by atoms with E-state index in [-0.39, 0.29) is 5.41 Å². The second kappa shape index (κ2) is 5.20. The van der Waals surface area contributed by atoms with Crippen LogP contribution in [0.4, 0.5) is 0 Å². The summed E-state index contributed by atoms with van der Waals surface area (Å²) in [6, 6.07) is 10.3. The van der Waals surface area contributed by atoms with Crippen molar-refractivity contribution >= 4 is 0 Å². The quantitative estimate of drug-likeness (QED) is 0.803. The molecule has 0 aromatic heterocycles. The van der Waals surface area contributed by atoms with Crippen molar-refractivity contribution in [2.45, 2.75) is 19.8 Å². The number of nitriles is 1. The number of hydrogen-bond acceptors (Lipinski definition) is 3. The first-order valence-corrected chi connectivity index (χ1v) is 5.93. The first-order valence-electron chi connectivity index (χ1n) is 5.93. The van der Waals surface area contributed by atoms with Gasteiger partial charge in [-0.1, -0.05) is 17.7 Å². The lowest BCUT2D eigenvalue weighted by Crippen LogP contribution is -2.33. The van der Waals surface area contributed by atoms with Crippen LogP contribution in [0, 0.1) is 23.7 Å². The molecule has 1 aliphatic rings. The van der Waals surface area contributed by atoms with Crippen LogP contribution in [0.1, 0.15) is 18.4 Å². The Hall–Kier alpha value is -1.53. The Bertz CT molecular complexity index is 399. The zero-order valence-electron chi connectivity index (χ0n) is 10.1. The van der Waals surface area contributed by atoms with E-state index < -0.39 is 0 Å². The Morgan fingerprint density at radius 1 is 1.29 bits per heavy atom. The van der Waals surface area contributed by atoms with Gasteiger partial charge in [0.1, 0.15) is 12.4 Å². The van der Waals surface area contributed by atoms with Crippen molar-refractivity contribution in [3.05, 3.63) is 29.8 Å². The van der Waals surface area contributed by atoms with E-state index in [0.29, 0.717) is 19.8 Å². The van der Waals surface area contributed by atoms with Crippen molar-refractivity contribution < 1.29 is 9.47 Å². The summed E-state index contributed by atoms with van der Waals surface area (Å²) in [6.07, 6.45) is 1.52. The van der Waals surface area contributed by atoms with Crippen molar-refractivity contribution in [3.8, 4) is 11.8 Å². The maximum Gasteiger partial charge on any atom is 0.119 e. The van der Waals surface area contributed by atoms with Gasteiger partial charge in [0.25, 0.3) is 0 Å². The molecule has 1 heterocycles. The largest absolute Gasteiger partial charge is 0.492 e. The molecule has 0 unspecified atom stereocenters. The molecule has 0 bridgehead atoms. The smallest absolute Gasteiger partial charge is 0.119 e. The number of benzene rings is 1. The lowest BCUT2D eigenvalue weighted by atomic mass is 9.83. The van der Waals surface area contributed by atoms with Crippen LogP contribution in [0.5, 0.6) is 5.75 Å². The molecular weight excluding hydrogens is 214 g/mol. The van der Waals surface area contributed by atoms with Crippen LogP contribution in [0.3, 0.4) is 0 Å². The summed E-state index contributed by atoms with van der Waals surface area (Å²) in [5.74, 6) is 0.830. The SMILES string of the molecule is Cc1ccc(OCC2(C#N)CCOCC2)cc1. The lowest BCUT2D eigenvalue weighted by Gasteiger charge is -2.30. The Morgan fingerprint density at radius 2 is 1.94 bits per heavy atom. The Balaban J connectivity index is 1.96. The van der Waals surface area contributed by atoms with E-state index in [4.69, 9.17) is 9.47 Å². The first kappa shape index (κ1) is 11.9. The van der Waals surface area contributed by atoms with Crippen LogP contribution in [0.2, 0.25) is 0 Å². The molecule has 17 heavy (non-hydrogen) atoms. The van der Waals surface area contributed by atoms with Crippen LogP contribution in [-0.4, -0.2) is 19.8 Å². The molecule has 3 heteroatoms. The zero-order valence-corrected chi connectivity index (χ0v) is 10.1. The summed E-state index contributed by atoms with van der Waals surface area (Å²) in [6.45, 7) is 3.81. The highest BCUT2D eigenvalue weighted by atomic mass is 16.5. The van der Waals surface area contributed by atoms with E-state index >= 15 is 0 Å². The number of nitrogens with zero attached hydrogens (tertiary/aromatic N) is 1. The van der Waals surface area contributed by atoms with E-state index in [1.165, 1.54) is 5.56 Å². The van der Waals surface area contributed by atoms with Gasteiger partial charge in [-0.15, -0.1) is 0 Å². The summed E-state index contributed by atoms with van der Waals surface area (Å²) in [5.41, 5.74) is 0.835. The minimum absolute atomic E-state index is 0.372. The first-order chi connectivity index (χ1) is 8.24. The average molecular weight is 231 g/mol. The number of aryl methyl sites for hydroxylation is 1. The van der Waals surface area contributed by atoms with Crippen LogP contribution in [0.15, 0.2) is 24.3 Å². The molecule has 1 aromatic rings. The van der Waals surface area contributed by atoms with Crippen molar-refractivity contribution in [2.24, 2.45) is 5.41 Å². The predicted molar refractivity (Wildman–Crippen MR) is 64.8 cm³/mol. The molecule has 1 aliphatic heterocycles. The van der Waals surface area contributed by atoms with Crippen LogP contribution >= 0.6 is 0 Å². The monoisotopic (exact) mass is 231 g/mol. The lowest BCUT2D eigenvalue weighted by molar-refractivity contribution is 0.0191. The predicted octanol–water partition coefficient (Wildman–Crippen LogP) is 2.69. The van der Waals surface area contributed by atoms with Gasteiger partial charge in [0.15, 0.2) is 0 Å². The molecule has 1 saturated heterocycles. The van der Waals surface area contributed by atoms with Gasteiger partial charge in [-0.3, -0.25) is 0 Å². The van der Waals surface area contributed by atoms with Gasteiger partial charge in [-0.05, 0) is 31.9 Å². The maximum absolute atomic E-state index is 9.28. The third kappa shape index (κ3) is 2.98. The van der Waals surface area contributed by atoms with Crippen molar-refractivity contribution in [1.29, 1.82) is 5.26 Å². The molecule has 0 saturated carbocycles. The average Bonchev–Trinajstić information content (AvgIpc) is 2.39. The van der Waals surface area contributed by atoms with Gasteiger partial charge in [-0.2, -0.15) is 5.26 Å². The summed E-state index contributed by atoms with van der Waals surface area (Å²) in [5, 5.41) is 9.28. The Kier molecular flexibility index (Phi) is 3.65. The van der Waals surface area contributed by atoms with E-state index in [9.17, 15) is 5.26 Å². The molecule has 2 rings (SSSR count). The summed E-state index contributed by atoms with van der Waals surface area (Å²) >= 11 is 0. The third-order valence-electron chi connectivity index (χ3n) is 3.22. The molecule has 1 aromatic carbocycles. The van der Waals surface area contributed by atoms with Gasteiger partial charge in [0, 0.05) is 13.2 Å². The molecule has 0 radical (unpaired) electrons. The van der Waals surface area contributed by atoms with E-state index in [1.54, 1.807) is 0 Å². The zero-order chi connectivity index (χ0) is 12.1. The van der Waals surface area contributed by atoms with Gasteiger partial charge in [0.05, 0.1) is 11.5 Å². The fourth-order valence-corrected chi connectivity index (χ4v) is 1.91. The molecule has 3 nitrogen and oxygen atoms in total. The Labute approximate surface area is 102 Å². The van der Waals surface area contributed by atoms with Crippen LogP contribution in [0.25, 0.3) is 0 Å². The van der Waals surface area contributed by atoms with E-state index in [0.717, 1.165) is 18.6 Å². The van der Waals surface area contributed by atoms with Crippen molar-refractivity contribution in [2.75, 3.05) is 19.8 Å². The molecular formula is C14H17NO2. The standard InChI is InChI=1S/C14H17NO2/c1-12-2-4-13(5-3-12)17-11-14(10-15)6-8-16-9-7-14/h2-5H,6-9,11H2,1H3. The maximum atomic E-state index is 9.28. The van der Waals surface area contributed by atoms with Crippen LogP contribution < -0.4 is 4.74 Å². The highest BCUT2D eigenvalue weighted by Gasteiger charge is 2.33. The fourth-order valence-electron chi connectivity index (χ4n) is 1.91. The molecule has 1 fully saturated rings. The summed E-state index contributed by atoms with van der Waals surface area (Å²) in [7, 11) is 0. The van der Waals surface area contributed by atoms with Gasteiger partial charge in [0.2, 0.25) is 0 Å². The van der Waals surface area contributed by atoms with E-state index in [1.807, 2.05) is 31.2 Å². The second-order valence-electron chi connectivity index (χ2n) is 4.61. The molecule has 90 valence electrons. The highest BCUT2D eigenvalue weighted by Crippen LogP contribution is 2.30. The number of rotatable bonds is 3. The fraction of sp³-hybridized carbons (Fsp3) is 0.500. The molecule has 0 spiro atoms. The summed E-state index contributed by atoms with van der Waals surface area (Å²) in [4.78, 5) is 0. The number of ether oxygens (including phenoxy) is 2. The normalized spacial score (nSPS) is 18.4. The van der Waals surface area contributed by atoms with Gasteiger partial charge < -0.3 is 9.47 Å². The topological polar surface area (TPSA) is 42.2 Å². The molecule has 0 aliphatic carbocycles. The van der Waals surface area contributed by atoms with Crippen molar-refractivity contribution in [1.82, 2.24) is 0 Å². The van der Waals surface area contributed by atoms with Gasteiger partial charge in [-0.25, -0.2) is 0 Å². The third-order valence-corrected chi connectivity index (χ3v) is 3.22. The molecule has 0 atom stereocenters. The molecule has 0 amide bonds. The minimum atomic E-state index is -0.372.